The fourth-order valence-corrected chi connectivity index (χ4v) is 3.55. The first kappa shape index (κ1) is 13.4. The van der Waals surface area contributed by atoms with Crippen LogP contribution in [0, 0.1) is 0 Å². The molecule has 0 saturated heterocycles. The Morgan fingerprint density at radius 1 is 1.72 bits per heavy atom. The average molecular weight is 267 g/mol. The molecule has 2 atom stereocenters. The molecule has 2 unspecified atom stereocenters. The lowest BCUT2D eigenvalue weighted by Crippen LogP contribution is -2.37. The van der Waals surface area contributed by atoms with Crippen LogP contribution in [-0.4, -0.2) is 17.1 Å². The van der Waals surface area contributed by atoms with Gasteiger partial charge >= 0.3 is 0 Å². The van der Waals surface area contributed by atoms with Crippen LogP contribution in [0.2, 0.25) is 0 Å². The van der Waals surface area contributed by atoms with Gasteiger partial charge in [0, 0.05) is 23.4 Å². The third-order valence-electron chi connectivity index (χ3n) is 3.57. The molecule has 0 spiro atoms. The molecule has 1 aromatic rings. The minimum Gasteiger partial charge on any atom is -0.409 e. The van der Waals surface area contributed by atoms with Crippen molar-refractivity contribution >= 4 is 17.2 Å². The van der Waals surface area contributed by atoms with Crippen molar-refractivity contribution in [2.75, 3.05) is 0 Å². The number of nitrogens with one attached hydrogen (secondary N) is 1. The maximum absolute atomic E-state index is 8.65. The number of nitrogens with zero attached hydrogens (tertiary/aromatic N) is 1. The zero-order valence-corrected chi connectivity index (χ0v) is 11.5. The van der Waals surface area contributed by atoms with Crippen molar-refractivity contribution in [3.8, 4) is 0 Å². The largest absolute Gasteiger partial charge is 0.409 e. The number of rotatable bonds is 5. The average Bonchev–Trinajstić information content (AvgIpc) is 2.87. The first-order valence-electron chi connectivity index (χ1n) is 6.53. The highest BCUT2D eigenvalue weighted by Crippen LogP contribution is 2.33. The summed E-state index contributed by atoms with van der Waals surface area (Å²) in [6.45, 7) is 2.12. The third kappa shape index (κ3) is 3.03. The highest BCUT2D eigenvalue weighted by atomic mass is 32.1. The van der Waals surface area contributed by atoms with Gasteiger partial charge in [0.2, 0.25) is 0 Å². The summed E-state index contributed by atoms with van der Waals surface area (Å²) >= 11 is 1.85. The minimum atomic E-state index is 0.275. The van der Waals surface area contributed by atoms with E-state index in [9.17, 15) is 0 Å². The van der Waals surface area contributed by atoms with Crippen LogP contribution in [0.3, 0.4) is 0 Å². The first-order valence-corrected chi connectivity index (χ1v) is 7.41. The van der Waals surface area contributed by atoms with Crippen LogP contribution in [0.5, 0.6) is 0 Å². The summed E-state index contributed by atoms with van der Waals surface area (Å²) in [5.74, 6) is 0.302. The van der Waals surface area contributed by atoms with E-state index in [0.29, 0.717) is 18.3 Å². The van der Waals surface area contributed by atoms with Crippen molar-refractivity contribution in [2.45, 2.75) is 51.1 Å². The first-order chi connectivity index (χ1) is 8.74. The molecule has 0 aliphatic heterocycles. The lowest BCUT2D eigenvalue weighted by atomic mass is 9.93. The molecule has 0 amide bonds. The van der Waals surface area contributed by atoms with Gasteiger partial charge in [-0.1, -0.05) is 12.1 Å². The van der Waals surface area contributed by atoms with Gasteiger partial charge < -0.3 is 16.3 Å². The normalized spacial score (nSPS) is 21.6. The smallest absolute Gasteiger partial charge is 0.140 e. The Hall–Kier alpha value is -1.07. The van der Waals surface area contributed by atoms with Crippen LogP contribution in [0.1, 0.15) is 49.1 Å². The number of oxime groups is 1. The Kier molecular flexibility index (Phi) is 4.60. The topological polar surface area (TPSA) is 70.6 Å². The van der Waals surface area contributed by atoms with Crippen LogP contribution in [0.15, 0.2) is 16.6 Å². The second-order valence-corrected chi connectivity index (χ2v) is 5.81. The zero-order chi connectivity index (χ0) is 13.0. The van der Waals surface area contributed by atoms with Gasteiger partial charge in [-0.2, -0.15) is 0 Å². The van der Waals surface area contributed by atoms with Gasteiger partial charge in [-0.25, -0.2) is 0 Å². The summed E-state index contributed by atoms with van der Waals surface area (Å²) in [6.07, 6.45) is 5.21. The molecule has 1 aromatic heterocycles. The van der Waals surface area contributed by atoms with Crippen LogP contribution in [0.4, 0.5) is 0 Å². The molecule has 1 heterocycles. The fraction of sp³-hybridized carbons (Fsp3) is 0.615. The molecular formula is C13H21N3OS. The predicted molar refractivity (Wildman–Crippen MR) is 75.2 cm³/mol. The SMILES string of the molecule is CCC(CC(N)=NO)NC1CCCc2sccc21. The Labute approximate surface area is 112 Å². The van der Waals surface area contributed by atoms with E-state index >= 15 is 0 Å². The second-order valence-electron chi connectivity index (χ2n) is 4.81. The van der Waals surface area contributed by atoms with Gasteiger partial charge in [0.25, 0.3) is 0 Å². The van der Waals surface area contributed by atoms with E-state index in [1.165, 1.54) is 29.7 Å². The molecule has 1 aliphatic rings. The van der Waals surface area contributed by atoms with Crippen LogP contribution >= 0.6 is 11.3 Å². The fourth-order valence-electron chi connectivity index (χ4n) is 2.56. The molecule has 0 saturated carbocycles. The Morgan fingerprint density at radius 3 is 3.28 bits per heavy atom. The highest BCUT2D eigenvalue weighted by molar-refractivity contribution is 7.10. The van der Waals surface area contributed by atoms with Gasteiger partial charge in [0.05, 0.1) is 0 Å². The van der Waals surface area contributed by atoms with Crippen molar-refractivity contribution in [1.82, 2.24) is 5.32 Å². The molecule has 2 rings (SSSR count). The van der Waals surface area contributed by atoms with Gasteiger partial charge in [0.1, 0.15) is 5.84 Å². The minimum absolute atomic E-state index is 0.275. The summed E-state index contributed by atoms with van der Waals surface area (Å²) in [6, 6.07) is 2.93. The summed E-state index contributed by atoms with van der Waals surface area (Å²) in [5, 5.41) is 17.5. The number of aryl methyl sites for hydroxylation is 1. The van der Waals surface area contributed by atoms with Crippen molar-refractivity contribution in [1.29, 1.82) is 0 Å². The molecule has 0 fully saturated rings. The molecule has 4 N–H and O–H groups in total. The molecule has 0 aromatic carbocycles. The maximum Gasteiger partial charge on any atom is 0.140 e. The Balaban J connectivity index is 2.01. The summed E-state index contributed by atoms with van der Waals surface area (Å²) in [5.41, 5.74) is 7.04. The van der Waals surface area contributed by atoms with Crippen molar-refractivity contribution in [3.63, 3.8) is 0 Å². The number of amidine groups is 1. The van der Waals surface area contributed by atoms with E-state index in [1.807, 2.05) is 11.3 Å². The Morgan fingerprint density at radius 2 is 2.56 bits per heavy atom. The molecule has 5 heteroatoms. The van der Waals surface area contributed by atoms with Gasteiger partial charge in [-0.3, -0.25) is 0 Å². The maximum atomic E-state index is 8.65. The summed E-state index contributed by atoms with van der Waals surface area (Å²) in [4.78, 5) is 1.51. The summed E-state index contributed by atoms with van der Waals surface area (Å²) < 4.78 is 0. The van der Waals surface area contributed by atoms with Crippen molar-refractivity contribution in [2.24, 2.45) is 10.9 Å². The van der Waals surface area contributed by atoms with E-state index in [2.05, 4.69) is 28.8 Å². The molecule has 0 radical (unpaired) electrons. The molecular weight excluding hydrogens is 246 g/mol. The standard InChI is InChI=1S/C13H21N3OS/c1-2-9(8-13(14)16-17)15-11-4-3-5-12-10(11)6-7-18-12/h6-7,9,11,15,17H,2-5,8H2,1H3,(H2,14,16). The molecule has 0 bridgehead atoms. The van der Waals surface area contributed by atoms with E-state index in [1.54, 1.807) is 0 Å². The second kappa shape index (κ2) is 6.20. The summed E-state index contributed by atoms with van der Waals surface area (Å²) in [7, 11) is 0. The van der Waals surface area contributed by atoms with E-state index < -0.39 is 0 Å². The van der Waals surface area contributed by atoms with E-state index in [0.717, 1.165) is 6.42 Å². The monoisotopic (exact) mass is 267 g/mol. The van der Waals surface area contributed by atoms with Crippen LogP contribution in [0.25, 0.3) is 0 Å². The van der Waals surface area contributed by atoms with Gasteiger partial charge in [0.15, 0.2) is 0 Å². The number of hydrogen-bond donors (Lipinski definition) is 3. The zero-order valence-electron chi connectivity index (χ0n) is 10.7. The van der Waals surface area contributed by atoms with E-state index in [-0.39, 0.29) is 6.04 Å². The number of fused-ring (bicyclic) bond motifs is 1. The quantitative estimate of drug-likeness (QED) is 0.332. The lowest BCUT2D eigenvalue weighted by Gasteiger charge is -2.28. The van der Waals surface area contributed by atoms with Crippen LogP contribution < -0.4 is 11.1 Å². The predicted octanol–water partition coefficient (Wildman–Crippen LogP) is 2.63. The van der Waals surface area contributed by atoms with Crippen molar-refractivity contribution in [3.05, 3.63) is 21.9 Å². The Bertz CT molecular complexity index is 416. The highest BCUT2D eigenvalue weighted by Gasteiger charge is 2.23. The number of nitrogens with two attached hydrogens (primary N) is 1. The van der Waals surface area contributed by atoms with Crippen molar-refractivity contribution < 1.29 is 5.21 Å². The lowest BCUT2D eigenvalue weighted by molar-refractivity contribution is 0.314. The number of thiophene rings is 1. The molecule has 100 valence electrons. The van der Waals surface area contributed by atoms with Gasteiger partial charge in [-0.05, 0) is 42.7 Å². The molecule has 1 aliphatic carbocycles. The number of hydrogen-bond acceptors (Lipinski definition) is 4. The molecule has 18 heavy (non-hydrogen) atoms. The molecule has 4 nitrogen and oxygen atoms in total. The van der Waals surface area contributed by atoms with Gasteiger partial charge in [-0.15, -0.1) is 11.3 Å². The van der Waals surface area contributed by atoms with Crippen LogP contribution in [-0.2, 0) is 6.42 Å². The third-order valence-corrected chi connectivity index (χ3v) is 4.56. The van der Waals surface area contributed by atoms with E-state index in [4.69, 9.17) is 10.9 Å².